The van der Waals surface area contributed by atoms with Crippen LogP contribution < -0.4 is 4.90 Å². The molecule has 1 aliphatic carbocycles. The third-order valence-corrected chi connectivity index (χ3v) is 4.60. The van der Waals surface area contributed by atoms with E-state index >= 15 is 0 Å². The number of aliphatic hydroxyl groups is 1. The number of nitrogens with zero attached hydrogens (tertiary/aromatic N) is 4. The Labute approximate surface area is 114 Å². The summed E-state index contributed by atoms with van der Waals surface area (Å²) in [4.78, 5) is 6.86. The molecular formula is C14H22N4O. The Morgan fingerprint density at radius 3 is 2.58 bits per heavy atom. The predicted molar refractivity (Wildman–Crippen MR) is 73.0 cm³/mol. The van der Waals surface area contributed by atoms with Crippen LogP contribution in [0.15, 0.2) is 0 Å². The summed E-state index contributed by atoms with van der Waals surface area (Å²) in [6, 6.07) is 0. The minimum absolute atomic E-state index is 0.136. The molecule has 3 rings (SSSR count). The number of hydrogen-bond acceptors (Lipinski definition) is 5. The van der Waals surface area contributed by atoms with E-state index in [1.807, 2.05) is 0 Å². The highest BCUT2D eigenvalue weighted by Gasteiger charge is 2.42. The normalized spacial score (nSPS) is 29.8. The van der Waals surface area contributed by atoms with Gasteiger partial charge in [-0.3, -0.25) is 0 Å². The number of aryl methyl sites for hydroxylation is 2. The molecule has 0 aromatic carbocycles. The Kier molecular flexibility index (Phi) is 3.39. The maximum atomic E-state index is 9.96. The van der Waals surface area contributed by atoms with Gasteiger partial charge in [-0.25, -0.2) is 4.98 Å². The second-order valence-corrected chi connectivity index (χ2v) is 5.69. The summed E-state index contributed by atoms with van der Waals surface area (Å²) in [6.45, 7) is 6.04. The summed E-state index contributed by atoms with van der Waals surface area (Å²) < 4.78 is 0. The van der Waals surface area contributed by atoms with Crippen LogP contribution in [-0.4, -0.2) is 39.5 Å². The molecule has 104 valence electrons. The molecule has 1 saturated heterocycles. The summed E-state index contributed by atoms with van der Waals surface area (Å²) in [5, 5.41) is 18.5. The van der Waals surface area contributed by atoms with Gasteiger partial charge in [0.15, 0.2) is 0 Å². The minimum atomic E-state index is -0.136. The quantitative estimate of drug-likeness (QED) is 0.887. The zero-order valence-corrected chi connectivity index (χ0v) is 11.7. The zero-order valence-electron chi connectivity index (χ0n) is 11.7. The second kappa shape index (κ2) is 5.04. The third-order valence-electron chi connectivity index (χ3n) is 4.60. The van der Waals surface area contributed by atoms with Crippen molar-refractivity contribution < 1.29 is 5.11 Å². The van der Waals surface area contributed by atoms with Crippen LogP contribution in [0.3, 0.4) is 0 Å². The summed E-state index contributed by atoms with van der Waals surface area (Å²) in [6.07, 6.45) is 3.73. The number of aromatic nitrogens is 3. The van der Waals surface area contributed by atoms with Gasteiger partial charge in [-0.05, 0) is 31.6 Å². The average Bonchev–Trinajstić information content (AvgIpc) is 3.00. The molecule has 0 radical (unpaired) electrons. The van der Waals surface area contributed by atoms with E-state index in [-0.39, 0.29) is 6.10 Å². The summed E-state index contributed by atoms with van der Waals surface area (Å²) in [7, 11) is 0. The lowest BCUT2D eigenvalue weighted by Gasteiger charge is -2.18. The first-order valence-electron chi connectivity index (χ1n) is 7.38. The fraction of sp³-hybridized carbons (Fsp3) is 0.786. The monoisotopic (exact) mass is 262 g/mol. The van der Waals surface area contributed by atoms with Crippen molar-refractivity contribution in [2.45, 2.75) is 45.6 Å². The minimum Gasteiger partial charge on any atom is -0.393 e. The fourth-order valence-corrected chi connectivity index (χ4v) is 3.46. The van der Waals surface area contributed by atoms with E-state index in [1.54, 1.807) is 0 Å². The molecule has 0 bridgehead atoms. The van der Waals surface area contributed by atoms with Crippen molar-refractivity contribution in [1.29, 1.82) is 0 Å². The van der Waals surface area contributed by atoms with Crippen LogP contribution in [0, 0.1) is 11.8 Å². The molecule has 5 heteroatoms. The van der Waals surface area contributed by atoms with E-state index in [4.69, 9.17) is 0 Å². The van der Waals surface area contributed by atoms with E-state index in [1.165, 1.54) is 0 Å². The zero-order chi connectivity index (χ0) is 13.4. The van der Waals surface area contributed by atoms with Gasteiger partial charge in [0.1, 0.15) is 0 Å². The standard InChI is InChI=1S/C14H22N4O/c1-3-11-12(4-2)16-17-14(15-11)18-7-9-5-6-13(19)10(9)8-18/h9-10,13,19H,3-8H2,1-2H3. The Hall–Kier alpha value is -1.23. The van der Waals surface area contributed by atoms with Gasteiger partial charge in [-0.1, -0.05) is 13.8 Å². The summed E-state index contributed by atoms with van der Waals surface area (Å²) in [5.41, 5.74) is 2.07. The highest BCUT2D eigenvalue weighted by Crippen LogP contribution is 2.38. The molecule has 2 aliphatic rings. The molecular weight excluding hydrogens is 240 g/mol. The molecule has 0 spiro atoms. The van der Waals surface area contributed by atoms with Gasteiger partial charge in [0, 0.05) is 19.0 Å². The SMILES string of the molecule is CCc1nnc(N2CC3CCC(O)C3C2)nc1CC. The van der Waals surface area contributed by atoms with Crippen LogP contribution in [-0.2, 0) is 12.8 Å². The molecule has 1 aromatic heterocycles. The van der Waals surface area contributed by atoms with Gasteiger partial charge < -0.3 is 10.0 Å². The molecule has 2 fully saturated rings. The molecule has 3 unspecified atom stereocenters. The van der Waals surface area contributed by atoms with Crippen molar-refractivity contribution in [2.24, 2.45) is 11.8 Å². The molecule has 1 aromatic rings. The highest BCUT2D eigenvalue weighted by atomic mass is 16.3. The lowest BCUT2D eigenvalue weighted by atomic mass is 10.00. The maximum Gasteiger partial charge on any atom is 0.245 e. The predicted octanol–water partition coefficient (Wildman–Crippen LogP) is 1.20. The Bertz CT molecular complexity index is 465. The van der Waals surface area contributed by atoms with E-state index in [9.17, 15) is 5.11 Å². The molecule has 1 saturated carbocycles. The van der Waals surface area contributed by atoms with Gasteiger partial charge in [-0.15, -0.1) is 5.10 Å². The molecule has 0 amide bonds. The number of rotatable bonds is 3. The number of hydrogen-bond donors (Lipinski definition) is 1. The van der Waals surface area contributed by atoms with Crippen LogP contribution in [0.1, 0.15) is 38.1 Å². The Balaban J connectivity index is 1.80. The first-order valence-corrected chi connectivity index (χ1v) is 7.38. The summed E-state index contributed by atoms with van der Waals surface area (Å²) >= 11 is 0. The van der Waals surface area contributed by atoms with E-state index in [0.29, 0.717) is 11.8 Å². The number of fused-ring (bicyclic) bond motifs is 1. The van der Waals surface area contributed by atoms with Gasteiger partial charge >= 0.3 is 0 Å². The largest absolute Gasteiger partial charge is 0.393 e. The lowest BCUT2D eigenvalue weighted by Crippen LogP contribution is -2.27. The smallest absolute Gasteiger partial charge is 0.245 e. The van der Waals surface area contributed by atoms with Gasteiger partial charge in [-0.2, -0.15) is 5.10 Å². The number of aliphatic hydroxyl groups excluding tert-OH is 1. The maximum absolute atomic E-state index is 9.96. The Morgan fingerprint density at radius 1 is 1.11 bits per heavy atom. The highest BCUT2D eigenvalue weighted by molar-refractivity contribution is 5.33. The van der Waals surface area contributed by atoms with Crippen LogP contribution in [0.2, 0.25) is 0 Å². The fourth-order valence-electron chi connectivity index (χ4n) is 3.46. The van der Waals surface area contributed by atoms with Crippen LogP contribution in [0.4, 0.5) is 5.95 Å². The first kappa shape index (κ1) is 12.8. The van der Waals surface area contributed by atoms with E-state index in [2.05, 4.69) is 33.9 Å². The van der Waals surface area contributed by atoms with Gasteiger partial charge in [0.05, 0.1) is 17.5 Å². The van der Waals surface area contributed by atoms with Crippen molar-refractivity contribution in [2.75, 3.05) is 18.0 Å². The van der Waals surface area contributed by atoms with Crippen LogP contribution >= 0.6 is 0 Å². The van der Waals surface area contributed by atoms with Crippen molar-refractivity contribution in [3.8, 4) is 0 Å². The molecule has 5 nitrogen and oxygen atoms in total. The second-order valence-electron chi connectivity index (χ2n) is 5.69. The summed E-state index contributed by atoms with van der Waals surface area (Å²) in [5.74, 6) is 1.75. The third kappa shape index (κ3) is 2.20. The molecule has 1 N–H and O–H groups in total. The Morgan fingerprint density at radius 2 is 1.89 bits per heavy atom. The lowest BCUT2D eigenvalue weighted by molar-refractivity contribution is 0.133. The van der Waals surface area contributed by atoms with Crippen LogP contribution in [0.25, 0.3) is 0 Å². The van der Waals surface area contributed by atoms with Crippen molar-refractivity contribution in [1.82, 2.24) is 15.2 Å². The number of anilines is 1. The molecule has 3 atom stereocenters. The van der Waals surface area contributed by atoms with E-state index in [0.717, 1.165) is 56.1 Å². The van der Waals surface area contributed by atoms with Crippen molar-refractivity contribution >= 4 is 5.95 Å². The van der Waals surface area contributed by atoms with Crippen LogP contribution in [0.5, 0.6) is 0 Å². The van der Waals surface area contributed by atoms with Crippen molar-refractivity contribution in [3.63, 3.8) is 0 Å². The van der Waals surface area contributed by atoms with Crippen molar-refractivity contribution in [3.05, 3.63) is 11.4 Å². The first-order chi connectivity index (χ1) is 9.22. The topological polar surface area (TPSA) is 62.1 Å². The van der Waals surface area contributed by atoms with Gasteiger partial charge in [0.25, 0.3) is 0 Å². The molecule has 1 aliphatic heterocycles. The molecule has 19 heavy (non-hydrogen) atoms. The van der Waals surface area contributed by atoms with E-state index < -0.39 is 0 Å². The molecule has 2 heterocycles. The van der Waals surface area contributed by atoms with Gasteiger partial charge in [0.2, 0.25) is 5.95 Å². The average molecular weight is 262 g/mol.